The van der Waals surface area contributed by atoms with Crippen LogP contribution in [-0.2, 0) is 14.3 Å². The predicted molar refractivity (Wildman–Crippen MR) is 83.8 cm³/mol. The van der Waals surface area contributed by atoms with E-state index < -0.39 is 17.8 Å². The van der Waals surface area contributed by atoms with Crippen LogP contribution < -0.4 is 5.32 Å². The first-order valence-electron chi connectivity index (χ1n) is 8.14. The van der Waals surface area contributed by atoms with Gasteiger partial charge in [0, 0.05) is 25.2 Å². The summed E-state index contributed by atoms with van der Waals surface area (Å²) >= 11 is 0. The van der Waals surface area contributed by atoms with Gasteiger partial charge in [0.05, 0.1) is 31.1 Å². The minimum absolute atomic E-state index is 0.253. The summed E-state index contributed by atoms with van der Waals surface area (Å²) in [7, 11) is 0. The number of hydrogen-bond acceptors (Lipinski definition) is 4. The van der Waals surface area contributed by atoms with Crippen LogP contribution in [0.5, 0.6) is 0 Å². The van der Waals surface area contributed by atoms with Gasteiger partial charge in [-0.05, 0) is 12.5 Å². The molecule has 2 fully saturated rings. The number of morpholine rings is 1. The normalized spacial score (nSPS) is 25.0. The topological polar surface area (TPSA) is 78.9 Å². The molecule has 1 aliphatic carbocycles. The Morgan fingerprint density at radius 1 is 1.29 bits per heavy atom. The Bertz CT molecular complexity index is 618. The molecule has 130 valence electrons. The van der Waals surface area contributed by atoms with E-state index in [1.54, 1.807) is 18.2 Å². The summed E-state index contributed by atoms with van der Waals surface area (Å²) in [5.74, 6) is -2.56. The molecule has 0 bridgehead atoms. The molecule has 1 unspecified atom stereocenters. The van der Waals surface area contributed by atoms with Crippen molar-refractivity contribution in [3.63, 3.8) is 0 Å². The number of amides is 1. The van der Waals surface area contributed by atoms with E-state index in [1.165, 1.54) is 6.07 Å². The van der Waals surface area contributed by atoms with E-state index >= 15 is 0 Å². The molecule has 7 heteroatoms. The number of nitrogens with zero attached hydrogens (tertiary/aromatic N) is 1. The third-order valence-corrected chi connectivity index (χ3v) is 4.66. The monoisotopic (exact) mass is 336 g/mol. The molecule has 1 saturated carbocycles. The van der Waals surface area contributed by atoms with Gasteiger partial charge in [-0.2, -0.15) is 0 Å². The van der Waals surface area contributed by atoms with Gasteiger partial charge in [-0.3, -0.25) is 14.5 Å². The standard InChI is InChI=1S/C17H21FN2O4/c18-14-4-2-1-3-11(14)15(20-5-7-24-8-6-20)10-19-16(21)12-9-13(12)17(22)23/h1-4,12-13,15H,5-10H2,(H,19,21)(H,22,23)/t12-,13+,15?/m0/s1. The largest absolute Gasteiger partial charge is 0.481 e. The van der Waals surface area contributed by atoms with Crippen LogP contribution in [0.15, 0.2) is 24.3 Å². The molecule has 1 aromatic rings. The molecule has 2 N–H and O–H groups in total. The highest BCUT2D eigenvalue weighted by Crippen LogP contribution is 2.38. The highest BCUT2D eigenvalue weighted by molar-refractivity contribution is 5.89. The van der Waals surface area contributed by atoms with Crippen LogP contribution in [0.2, 0.25) is 0 Å². The van der Waals surface area contributed by atoms with Crippen molar-refractivity contribution in [2.24, 2.45) is 11.8 Å². The van der Waals surface area contributed by atoms with Crippen molar-refractivity contribution in [1.82, 2.24) is 10.2 Å². The lowest BCUT2D eigenvalue weighted by Gasteiger charge is -2.35. The van der Waals surface area contributed by atoms with Gasteiger partial charge in [0.2, 0.25) is 5.91 Å². The first-order chi connectivity index (χ1) is 11.6. The van der Waals surface area contributed by atoms with Crippen molar-refractivity contribution in [2.75, 3.05) is 32.8 Å². The molecule has 0 radical (unpaired) electrons. The maximum atomic E-state index is 14.2. The van der Waals surface area contributed by atoms with Crippen molar-refractivity contribution in [3.8, 4) is 0 Å². The number of halogens is 1. The minimum Gasteiger partial charge on any atom is -0.481 e. The van der Waals surface area contributed by atoms with Gasteiger partial charge in [0.1, 0.15) is 5.82 Å². The zero-order valence-corrected chi connectivity index (χ0v) is 13.3. The number of rotatable bonds is 6. The van der Waals surface area contributed by atoms with Crippen LogP contribution in [0, 0.1) is 17.7 Å². The second kappa shape index (κ2) is 7.27. The number of aliphatic carboxylic acids is 1. The molecule has 1 aromatic carbocycles. The molecule has 1 aliphatic heterocycles. The van der Waals surface area contributed by atoms with Gasteiger partial charge in [0.25, 0.3) is 0 Å². The summed E-state index contributed by atoms with van der Waals surface area (Å²) in [6, 6.07) is 6.25. The van der Waals surface area contributed by atoms with Crippen molar-refractivity contribution in [2.45, 2.75) is 12.5 Å². The molecule has 6 nitrogen and oxygen atoms in total. The van der Waals surface area contributed by atoms with Gasteiger partial charge in [-0.15, -0.1) is 0 Å². The third kappa shape index (κ3) is 3.73. The maximum Gasteiger partial charge on any atom is 0.307 e. The molecular weight excluding hydrogens is 315 g/mol. The van der Waals surface area contributed by atoms with Gasteiger partial charge in [-0.1, -0.05) is 18.2 Å². The van der Waals surface area contributed by atoms with Crippen molar-refractivity contribution in [3.05, 3.63) is 35.6 Å². The Labute approximate surface area is 139 Å². The fourth-order valence-electron chi connectivity index (χ4n) is 3.16. The summed E-state index contributed by atoms with van der Waals surface area (Å²) < 4.78 is 19.6. The molecule has 1 saturated heterocycles. The SMILES string of the molecule is O=C(NCC(c1ccccc1F)N1CCOCC1)[C@H]1C[C@H]1C(=O)O. The molecule has 3 rings (SSSR count). The number of benzene rings is 1. The molecule has 3 atom stereocenters. The first-order valence-corrected chi connectivity index (χ1v) is 8.14. The van der Waals surface area contributed by atoms with E-state index in [2.05, 4.69) is 10.2 Å². The van der Waals surface area contributed by atoms with Crippen molar-refractivity contribution < 1.29 is 23.8 Å². The number of hydrogen-bond donors (Lipinski definition) is 2. The Morgan fingerprint density at radius 2 is 2.00 bits per heavy atom. The second-order valence-corrected chi connectivity index (χ2v) is 6.22. The van der Waals surface area contributed by atoms with Crippen molar-refractivity contribution in [1.29, 1.82) is 0 Å². The molecule has 1 amide bonds. The van der Waals surface area contributed by atoms with Gasteiger partial charge in [0.15, 0.2) is 0 Å². The van der Waals surface area contributed by atoms with E-state index in [0.717, 1.165) is 0 Å². The van der Waals surface area contributed by atoms with Crippen LogP contribution in [0.1, 0.15) is 18.0 Å². The average Bonchev–Trinajstić information content (AvgIpc) is 3.38. The lowest BCUT2D eigenvalue weighted by Crippen LogP contribution is -2.44. The molecule has 1 heterocycles. The van der Waals surface area contributed by atoms with Crippen LogP contribution in [0.4, 0.5) is 4.39 Å². The lowest BCUT2D eigenvalue weighted by atomic mass is 10.0. The number of nitrogens with one attached hydrogen (secondary N) is 1. The molecule has 24 heavy (non-hydrogen) atoms. The Balaban J connectivity index is 1.67. The molecule has 0 aromatic heterocycles. The van der Waals surface area contributed by atoms with E-state index in [-0.39, 0.29) is 24.3 Å². The van der Waals surface area contributed by atoms with Crippen LogP contribution in [0.25, 0.3) is 0 Å². The molecule has 2 aliphatic rings. The molecule has 0 spiro atoms. The quantitative estimate of drug-likeness (QED) is 0.811. The number of ether oxygens (including phenoxy) is 1. The summed E-state index contributed by atoms with van der Waals surface area (Å²) in [4.78, 5) is 25.1. The molecular formula is C17H21FN2O4. The van der Waals surface area contributed by atoms with E-state index in [4.69, 9.17) is 9.84 Å². The zero-order chi connectivity index (χ0) is 17.1. The van der Waals surface area contributed by atoms with Crippen LogP contribution in [0.3, 0.4) is 0 Å². The number of carbonyl (C=O) groups is 2. The lowest BCUT2D eigenvalue weighted by molar-refractivity contribution is -0.140. The minimum atomic E-state index is -0.936. The number of carboxylic acid groups (broad SMARTS) is 1. The number of carbonyl (C=O) groups excluding carboxylic acids is 1. The third-order valence-electron chi connectivity index (χ3n) is 4.66. The summed E-state index contributed by atoms with van der Waals surface area (Å²) in [5.41, 5.74) is 0.533. The summed E-state index contributed by atoms with van der Waals surface area (Å²) in [6.07, 6.45) is 0.378. The number of carboxylic acids is 1. The fourth-order valence-corrected chi connectivity index (χ4v) is 3.16. The van der Waals surface area contributed by atoms with Crippen molar-refractivity contribution >= 4 is 11.9 Å². The summed E-state index contributed by atoms with van der Waals surface area (Å²) in [5, 5.41) is 11.7. The second-order valence-electron chi connectivity index (χ2n) is 6.22. The van der Waals surface area contributed by atoms with E-state index in [1.807, 2.05) is 0 Å². The average molecular weight is 336 g/mol. The smallest absolute Gasteiger partial charge is 0.307 e. The van der Waals surface area contributed by atoms with Gasteiger partial charge >= 0.3 is 5.97 Å². The fraction of sp³-hybridized carbons (Fsp3) is 0.529. The highest BCUT2D eigenvalue weighted by atomic mass is 19.1. The van der Waals surface area contributed by atoms with Gasteiger partial charge < -0.3 is 15.2 Å². The highest BCUT2D eigenvalue weighted by Gasteiger charge is 2.48. The Kier molecular flexibility index (Phi) is 5.11. The Morgan fingerprint density at radius 3 is 2.62 bits per heavy atom. The van der Waals surface area contributed by atoms with Gasteiger partial charge in [-0.25, -0.2) is 4.39 Å². The first kappa shape index (κ1) is 16.9. The van der Waals surface area contributed by atoms with Crippen LogP contribution in [-0.4, -0.2) is 54.7 Å². The van der Waals surface area contributed by atoms with E-state index in [9.17, 15) is 14.0 Å². The Hall–Kier alpha value is -1.99. The summed E-state index contributed by atoms with van der Waals surface area (Å²) in [6.45, 7) is 2.72. The maximum absolute atomic E-state index is 14.2. The van der Waals surface area contributed by atoms with E-state index in [0.29, 0.717) is 38.3 Å². The predicted octanol–water partition coefficient (Wildman–Crippen LogP) is 1.04. The van der Waals surface area contributed by atoms with Crippen LogP contribution >= 0.6 is 0 Å². The zero-order valence-electron chi connectivity index (χ0n) is 13.3.